The molecule has 0 saturated heterocycles. The summed E-state index contributed by atoms with van der Waals surface area (Å²) >= 11 is 0. The van der Waals surface area contributed by atoms with Crippen molar-refractivity contribution in [1.29, 1.82) is 0 Å². The highest BCUT2D eigenvalue weighted by Gasteiger charge is 2.09. The van der Waals surface area contributed by atoms with Crippen molar-refractivity contribution in [2.24, 2.45) is 10.3 Å². The van der Waals surface area contributed by atoms with Crippen molar-refractivity contribution in [1.82, 2.24) is 0 Å². The van der Waals surface area contributed by atoms with Crippen LogP contribution in [0.3, 0.4) is 0 Å². The quantitative estimate of drug-likeness (QED) is 0.567. The fourth-order valence-corrected chi connectivity index (χ4v) is 2.58. The number of nitrogens with zero attached hydrogens (tertiary/aromatic N) is 2. The molecule has 0 saturated carbocycles. The van der Waals surface area contributed by atoms with E-state index in [1.807, 2.05) is 19.1 Å². The Morgan fingerprint density at radius 1 is 0.875 bits per heavy atom. The van der Waals surface area contributed by atoms with Crippen molar-refractivity contribution >= 4 is 11.4 Å². The maximum Gasteiger partial charge on any atom is 0.134 e. The Morgan fingerprint density at radius 3 is 2.17 bits per heavy atom. The molecule has 2 aromatic rings. The van der Waals surface area contributed by atoms with Gasteiger partial charge in [0.1, 0.15) is 25.6 Å². The standard InChI is InChI=1S/C20H24N2O2/c1-15-6-5-7-18(14-15)9-8-17-10-12-19(13-11-17)20(22-24-4)16(2)21-23-3/h5-7,10-14H,8-9H2,1-4H3/b21-16+,22-20-. The summed E-state index contributed by atoms with van der Waals surface area (Å²) in [6.07, 6.45) is 2.04. The molecule has 24 heavy (non-hydrogen) atoms. The van der Waals surface area contributed by atoms with E-state index in [9.17, 15) is 0 Å². The molecule has 0 aliphatic heterocycles. The molecule has 126 valence electrons. The van der Waals surface area contributed by atoms with Gasteiger partial charge < -0.3 is 9.68 Å². The molecule has 2 rings (SSSR count). The Morgan fingerprint density at radius 2 is 1.54 bits per heavy atom. The molecule has 2 aromatic carbocycles. The number of benzene rings is 2. The van der Waals surface area contributed by atoms with Crippen molar-refractivity contribution in [3.63, 3.8) is 0 Å². The molecule has 0 amide bonds. The normalized spacial score (nSPS) is 12.2. The molecule has 0 aliphatic carbocycles. The van der Waals surface area contributed by atoms with Crippen LogP contribution in [0.4, 0.5) is 0 Å². The number of hydrogen-bond donors (Lipinski definition) is 0. The largest absolute Gasteiger partial charge is 0.399 e. The van der Waals surface area contributed by atoms with Gasteiger partial charge in [-0.25, -0.2) is 0 Å². The monoisotopic (exact) mass is 324 g/mol. The molecular weight excluding hydrogens is 300 g/mol. The van der Waals surface area contributed by atoms with Gasteiger partial charge in [-0.3, -0.25) is 0 Å². The smallest absolute Gasteiger partial charge is 0.134 e. The van der Waals surface area contributed by atoms with Crippen LogP contribution >= 0.6 is 0 Å². The van der Waals surface area contributed by atoms with Crippen LogP contribution < -0.4 is 0 Å². The van der Waals surface area contributed by atoms with E-state index >= 15 is 0 Å². The molecule has 0 bridgehead atoms. The molecule has 0 radical (unpaired) electrons. The summed E-state index contributed by atoms with van der Waals surface area (Å²) in [6, 6.07) is 17.0. The number of oxime groups is 2. The molecule has 0 fully saturated rings. The fourth-order valence-electron chi connectivity index (χ4n) is 2.58. The summed E-state index contributed by atoms with van der Waals surface area (Å²) in [6.45, 7) is 3.96. The molecule has 0 heterocycles. The summed E-state index contributed by atoms with van der Waals surface area (Å²) < 4.78 is 0. The van der Waals surface area contributed by atoms with Gasteiger partial charge in [-0.2, -0.15) is 0 Å². The van der Waals surface area contributed by atoms with Crippen molar-refractivity contribution < 1.29 is 9.68 Å². The first-order valence-electron chi connectivity index (χ1n) is 7.98. The van der Waals surface area contributed by atoms with E-state index in [0.717, 1.165) is 18.4 Å². The van der Waals surface area contributed by atoms with E-state index in [1.54, 1.807) is 0 Å². The zero-order chi connectivity index (χ0) is 17.4. The van der Waals surface area contributed by atoms with Crippen LogP contribution in [-0.4, -0.2) is 25.6 Å². The number of hydrogen-bond acceptors (Lipinski definition) is 4. The lowest BCUT2D eigenvalue weighted by atomic mass is 10.00. The lowest BCUT2D eigenvalue weighted by Crippen LogP contribution is -2.13. The minimum Gasteiger partial charge on any atom is -0.399 e. The van der Waals surface area contributed by atoms with Gasteiger partial charge >= 0.3 is 0 Å². The maximum absolute atomic E-state index is 4.92. The van der Waals surface area contributed by atoms with E-state index in [4.69, 9.17) is 9.68 Å². The summed E-state index contributed by atoms with van der Waals surface area (Å²) in [5.41, 5.74) is 6.25. The Bertz CT molecular complexity index is 719. The topological polar surface area (TPSA) is 43.2 Å². The highest BCUT2D eigenvalue weighted by Crippen LogP contribution is 2.12. The summed E-state index contributed by atoms with van der Waals surface area (Å²) in [4.78, 5) is 9.75. The van der Waals surface area contributed by atoms with E-state index in [-0.39, 0.29) is 0 Å². The van der Waals surface area contributed by atoms with Crippen LogP contribution in [0.15, 0.2) is 58.8 Å². The maximum atomic E-state index is 4.92. The zero-order valence-corrected chi connectivity index (χ0v) is 14.7. The van der Waals surface area contributed by atoms with E-state index < -0.39 is 0 Å². The zero-order valence-electron chi connectivity index (χ0n) is 14.7. The second-order valence-electron chi connectivity index (χ2n) is 5.67. The van der Waals surface area contributed by atoms with Gasteiger partial charge in [0.05, 0.1) is 0 Å². The first kappa shape index (κ1) is 17.7. The van der Waals surface area contributed by atoms with Crippen LogP contribution in [-0.2, 0) is 22.5 Å². The van der Waals surface area contributed by atoms with Gasteiger partial charge in [-0.15, -0.1) is 0 Å². The van der Waals surface area contributed by atoms with E-state index in [1.165, 1.54) is 30.9 Å². The first-order valence-corrected chi connectivity index (χ1v) is 7.98. The average Bonchev–Trinajstić information content (AvgIpc) is 2.59. The molecule has 0 spiro atoms. The van der Waals surface area contributed by atoms with Crippen LogP contribution in [0.2, 0.25) is 0 Å². The fraction of sp³-hybridized carbons (Fsp3) is 0.300. The van der Waals surface area contributed by atoms with Crippen molar-refractivity contribution in [2.45, 2.75) is 26.7 Å². The van der Waals surface area contributed by atoms with Crippen LogP contribution in [0.5, 0.6) is 0 Å². The molecule has 0 aromatic heterocycles. The lowest BCUT2D eigenvalue weighted by molar-refractivity contribution is 0.210. The van der Waals surface area contributed by atoms with Gasteiger partial charge in [-0.05, 0) is 37.8 Å². The summed E-state index contributed by atoms with van der Waals surface area (Å²) in [5.74, 6) is 0. The van der Waals surface area contributed by atoms with Gasteiger partial charge in [0.25, 0.3) is 0 Å². The third-order valence-corrected chi connectivity index (χ3v) is 3.77. The molecular formula is C20H24N2O2. The Kier molecular flexibility index (Phi) is 6.55. The molecule has 0 aliphatic rings. The molecule has 0 N–H and O–H groups in total. The van der Waals surface area contributed by atoms with E-state index in [2.05, 4.69) is 53.6 Å². The van der Waals surface area contributed by atoms with Gasteiger partial charge in [0, 0.05) is 5.56 Å². The second kappa shape index (κ2) is 8.87. The molecule has 4 heteroatoms. The Hall–Kier alpha value is -2.62. The van der Waals surface area contributed by atoms with E-state index in [0.29, 0.717) is 11.4 Å². The van der Waals surface area contributed by atoms with Crippen LogP contribution in [0, 0.1) is 6.92 Å². The summed E-state index contributed by atoms with van der Waals surface area (Å²) in [5, 5.41) is 7.98. The highest BCUT2D eigenvalue weighted by atomic mass is 16.6. The lowest BCUT2D eigenvalue weighted by Gasteiger charge is -2.07. The number of rotatable bonds is 7. The first-order chi connectivity index (χ1) is 11.6. The van der Waals surface area contributed by atoms with Crippen molar-refractivity contribution in [3.8, 4) is 0 Å². The highest BCUT2D eigenvalue weighted by molar-refractivity contribution is 6.47. The van der Waals surface area contributed by atoms with Crippen molar-refractivity contribution in [3.05, 3.63) is 70.8 Å². The second-order valence-corrected chi connectivity index (χ2v) is 5.67. The summed E-state index contributed by atoms with van der Waals surface area (Å²) in [7, 11) is 3.04. The third-order valence-electron chi connectivity index (χ3n) is 3.77. The van der Waals surface area contributed by atoms with Gasteiger partial charge in [0.2, 0.25) is 0 Å². The predicted octanol–water partition coefficient (Wildman–Crippen LogP) is 4.15. The third kappa shape index (κ3) is 4.95. The molecule has 4 nitrogen and oxygen atoms in total. The number of aryl methyl sites for hydroxylation is 3. The molecule has 0 atom stereocenters. The Balaban J connectivity index is 2.09. The minimum atomic E-state index is 0.671. The minimum absolute atomic E-state index is 0.671. The Labute approximate surface area is 143 Å². The van der Waals surface area contributed by atoms with Crippen molar-refractivity contribution in [2.75, 3.05) is 14.2 Å². The van der Waals surface area contributed by atoms with Crippen LogP contribution in [0.25, 0.3) is 0 Å². The SMILES string of the molecule is CO/N=C(C)/C(=N/OC)c1ccc(CCc2cccc(C)c2)cc1. The van der Waals surface area contributed by atoms with Gasteiger partial charge in [0.15, 0.2) is 0 Å². The van der Waals surface area contributed by atoms with Crippen LogP contribution in [0.1, 0.15) is 29.2 Å². The average molecular weight is 324 g/mol. The van der Waals surface area contributed by atoms with Gasteiger partial charge in [-0.1, -0.05) is 64.4 Å². The predicted molar refractivity (Wildman–Crippen MR) is 98.7 cm³/mol. The molecule has 0 unspecified atom stereocenters.